The number of fused-ring (bicyclic) bond motifs is 1. The Bertz CT molecular complexity index is 964. The van der Waals surface area contributed by atoms with Gasteiger partial charge in [-0.2, -0.15) is 0 Å². The van der Waals surface area contributed by atoms with Crippen LogP contribution in [0.2, 0.25) is 5.02 Å². The monoisotopic (exact) mass is 410 g/mol. The molecule has 1 aliphatic heterocycles. The number of benzene rings is 2. The Morgan fingerprint density at radius 3 is 2.70 bits per heavy atom. The molecule has 0 aliphatic carbocycles. The molecule has 144 valence electrons. The highest BCUT2D eigenvalue weighted by Crippen LogP contribution is 2.34. The van der Waals surface area contributed by atoms with Crippen molar-refractivity contribution < 1.29 is 22.7 Å². The van der Waals surface area contributed by atoms with E-state index in [1.54, 1.807) is 42.5 Å². The average Bonchev–Trinajstić information content (AvgIpc) is 2.81. The first-order chi connectivity index (χ1) is 12.8. The van der Waals surface area contributed by atoms with Crippen LogP contribution in [-0.2, 0) is 14.8 Å². The molecule has 2 aromatic carbocycles. The van der Waals surface area contributed by atoms with Crippen LogP contribution >= 0.6 is 11.6 Å². The third-order valence-corrected chi connectivity index (χ3v) is 5.58. The number of hydrogen-bond acceptors (Lipinski definition) is 5. The summed E-state index contributed by atoms with van der Waals surface area (Å²) in [5, 5.41) is 3.11. The molecule has 0 saturated heterocycles. The van der Waals surface area contributed by atoms with Crippen LogP contribution in [0.3, 0.4) is 0 Å². The zero-order valence-electron chi connectivity index (χ0n) is 14.8. The number of ether oxygens (including phenoxy) is 2. The van der Waals surface area contributed by atoms with Crippen molar-refractivity contribution in [3.63, 3.8) is 0 Å². The number of halogens is 1. The molecule has 1 N–H and O–H groups in total. The summed E-state index contributed by atoms with van der Waals surface area (Å²) in [7, 11) is -1.99. The van der Waals surface area contributed by atoms with E-state index in [0.717, 1.165) is 6.26 Å². The molecule has 0 saturated carbocycles. The third kappa shape index (κ3) is 4.28. The van der Waals surface area contributed by atoms with Crippen LogP contribution in [0.15, 0.2) is 42.5 Å². The maximum absolute atomic E-state index is 12.7. The molecule has 2 aromatic rings. The number of sulfonamides is 1. The molecule has 0 bridgehead atoms. The van der Waals surface area contributed by atoms with Gasteiger partial charge in [-0.3, -0.25) is 9.10 Å². The summed E-state index contributed by atoms with van der Waals surface area (Å²) in [6.07, 6.45) is 0.486. The fraction of sp³-hybridized carbons (Fsp3) is 0.278. The molecule has 27 heavy (non-hydrogen) atoms. The smallest absolute Gasteiger partial charge is 0.265 e. The van der Waals surface area contributed by atoms with Gasteiger partial charge < -0.3 is 14.8 Å². The third-order valence-electron chi connectivity index (χ3n) is 4.11. The predicted molar refractivity (Wildman–Crippen MR) is 104 cm³/mol. The highest BCUT2D eigenvalue weighted by molar-refractivity contribution is 7.92. The number of amides is 1. The van der Waals surface area contributed by atoms with E-state index < -0.39 is 16.1 Å². The van der Waals surface area contributed by atoms with E-state index in [1.807, 2.05) is 0 Å². The van der Waals surface area contributed by atoms with Gasteiger partial charge in [-0.1, -0.05) is 23.7 Å². The van der Waals surface area contributed by atoms with Gasteiger partial charge in [0.25, 0.3) is 5.91 Å². The van der Waals surface area contributed by atoms with Crippen LogP contribution in [-0.4, -0.2) is 40.3 Å². The molecule has 0 fully saturated rings. The summed E-state index contributed by atoms with van der Waals surface area (Å²) >= 11 is 6.08. The maximum atomic E-state index is 12.7. The Hall–Kier alpha value is -2.45. The second-order valence-corrected chi connectivity index (χ2v) is 8.35. The molecule has 1 aliphatic rings. The number of methoxy groups -OCH3 is 1. The minimum absolute atomic E-state index is 0.136. The zero-order valence-corrected chi connectivity index (χ0v) is 16.4. The molecule has 1 heterocycles. The van der Waals surface area contributed by atoms with E-state index in [1.165, 1.54) is 11.4 Å². The molecular weight excluding hydrogens is 392 g/mol. The van der Waals surface area contributed by atoms with E-state index in [2.05, 4.69) is 5.32 Å². The predicted octanol–water partition coefficient (Wildman–Crippen LogP) is 2.90. The largest absolute Gasteiger partial charge is 0.495 e. The van der Waals surface area contributed by atoms with Gasteiger partial charge in [0.05, 0.1) is 24.1 Å². The number of carbonyl (C=O) groups is 1. The van der Waals surface area contributed by atoms with Crippen molar-refractivity contribution in [3.05, 3.63) is 47.5 Å². The molecule has 3 rings (SSSR count). The summed E-state index contributed by atoms with van der Waals surface area (Å²) in [5.41, 5.74) is 0.912. The number of anilines is 2. The van der Waals surface area contributed by atoms with Crippen molar-refractivity contribution in [2.75, 3.05) is 29.5 Å². The Kier molecular flexibility index (Phi) is 5.48. The SMILES string of the molecule is COc1ccc(NC(=O)[C@H]2CCN(S(C)(=O)=O)c3ccccc3O2)cc1Cl. The van der Waals surface area contributed by atoms with Gasteiger partial charge in [-0.25, -0.2) is 8.42 Å². The van der Waals surface area contributed by atoms with Crippen LogP contribution in [0.1, 0.15) is 6.42 Å². The molecule has 1 atom stereocenters. The van der Waals surface area contributed by atoms with Gasteiger partial charge in [-0.15, -0.1) is 0 Å². The van der Waals surface area contributed by atoms with Gasteiger partial charge in [0.15, 0.2) is 6.10 Å². The summed E-state index contributed by atoms with van der Waals surface area (Å²) < 4.78 is 36.4. The highest BCUT2D eigenvalue weighted by Gasteiger charge is 2.31. The Labute approximate surface area is 162 Å². The fourth-order valence-electron chi connectivity index (χ4n) is 2.83. The van der Waals surface area contributed by atoms with Gasteiger partial charge in [0.2, 0.25) is 10.0 Å². The number of para-hydroxylation sites is 2. The van der Waals surface area contributed by atoms with Gasteiger partial charge in [-0.05, 0) is 30.3 Å². The van der Waals surface area contributed by atoms with Crippen molar-refractivity contribution in [1.29, 1.82) is 0 Å². The normalized spacial score (nSPS) is 16.7. The quantitative estimate of drug-likeness (QED) is 0.837. The maximum Gasteiger partial charge on any atom is 0.265 e. The molecule has 0 aromatic heterocycles. The Morgan fingerprint density at radius 1 is 1.30 bits per heavy atom. The molecule has 0 radical (unpaired) electrons. The summed E-state index contributed by atoms with van der Waals surface area (Å²) in [4.78, 5) is 12.7. The van der Waals surface area contributed by atoms with Crippen LogP contribution in [0, 0.1) is 0 Å². The van der Waals surface area contributed by atoms with Gasteiger partial charge >= 0.3 is 0 Å². The van der Waals surface area contributed by atoms with Crippen LogP contribution in [0.25, 0.3) is 0 Å². The topological polar surface area (TPSA) is 84.9 Å². The number of nitrogens with zero attached hydrogens (tertiary/aromatic N) is 1. The number of nitrogens with one attached hydrogen (secondary N) is 1. The molecular formula is C18H19ClN2O5S. The number of carbonyl (C=O) groups excluding carboxylic acids is 1. The van der Waals surface area contributed by atoms with E-state index >= 15 is 0 Å². The summed E-state index contributed by atoms with van der Waals surface area (Å²) in [6.45, 7) is 0.136. The molecule has 1 amide bonds. The lowest BCUT2D eigenvalue weighted by Gasteiger charge is -2.20. The van der Waals surface area contributed by atoms with Gasteiger partial charge in [0.1, 0.15) is 11.5 Å². The Balaban J connectivity index is 1.82. The van der Waals surface area contributed by atoms with E-state index in [-0.39, 0.29) is 18.9 Å². The molecule has 7 nitrogen and oxygen atoms in total. The first kappa shape index (κ1) is 19.3. The van der Waals surface area contributed by atoms with E-state index in [0.29, 0.717) is 27.9 Å². The number of rotatable bonds is 4. The lowest BCUT2D eigenvalue weighted by molar-refractivity contribution is -0.122. The van der Waals surface area contributed by atoms with Gasteiger partial charge in [0, 0.05) is 18.7 Å². The fourth-order valence-corrected chi connectivity index (χ4v) is 4.03. The first-order valence-electron chi connectivity index (χ1n) is 8.17. The standard InChI is InChI=1S/C18H19ClN2O5S/c1-25-15-8-7-12(11-13(15)19)20-18(22)17-9-10-21(27(2,23)24)14-5-3-4-6-16(14)26-17/h3-8,11,17H,9-10H2,1-2H3,(H,20,22)/t17-/m1/s1. The van der Waals surface area contributed by atoms with Crippen molar-refractivity contribution in [2.24, 2.45) is 0 Å². The minimum Gasteiger partial charge on any atom is -0.495 e. The van der Waals surface area contributed by atoms with Crippen LogP contribution in [0.5, 0.6) is 11.5 Å². The number of hydrogen-bond donors (Lipinski definition) is 1. The highest BCUT2D eigenvalue weighted by atomic mass is 35.5. The zero-order chi connectivity index (χ0) is 19.6. The lowest BCUT2D eigenvalue weighted by Crippen LogP contribution is -2.35. The van der Waals surface area contributed by atoms with E-state index in [4.69, 9.17) is 21.1 Å². The second-order valence-electron chi connectivity index (χ2n) is 6.04. The van der Waals surface area contributed by atoms with E-state index in [9.17, 15) is 13.2 Å². The van der Waals surface area contributed by atoms with Crippen molar-refractivity contribution in [1.82, 2.24) is 0 Å². The van der Waals surface area contributed by atoms with Crippen LogP contribution in [0.4, 0.5) is 11.4 Å². The molecule has 9 heteroatoms. The first-order valence-corrected chi connectivity index (χ1v) is 10.4. The van der Waals surface area contributed by atoms with Crippen molar-refractivity contribution >= 4 is 38.9 Å². The minimum atomic E-state index is -3.49. The molecule has 0 unspecified atom stereocenters. The van der Waals surface area contributed by atoms with Crippen LogP contribution < -0.4 is 19.1 Å². The van der Waals surface area contributed by atoms with Crippen molar-refractivity contribution in [3.8, 4) is 11.5 Å². The Morgan fingerprint density at radius 2 is 2.04 bits per heavy atom. The average molecular weight is 411 g/mol. The summed E-state index contributed by atoms with van der Waals surface area (Å²) in [5.74, 6) is 0.452. The summed E-state index contributed by atoms with van der Waals surface area (Å²) in [6, 6.07) is 11.6. The lowest BCUT2D eigenvalue weighted by atomic mass is 10.2. The molecule has 0 spiro atoms. The second kappa shape index (κ2) is 7.66. The van der Waals surface area contributed by atoms with Crippen molar-refractivity contribution in [2.45, 2.75) is 12.5 Å².